The van der Waals surface area contributed by atoms with E-state index in [1.54, 1.807) is 11.3 Å². The highest BCUT2D eigenvalue weighted by Crippen LogP contribution is 2.55. The molecular weight excluding hydrogens is 357 g/mol. The lowest BCUT2D eigenvalue weighted by molar-refractivity contribution is 0.448. The molecule has 0 saturated carbocycles. The first-order valence-electron chi connectivity index (χ1n) is 7.99. The van der Waals surface area contributed by atoms with Crippen LogP contribution in [0.3, 0.4) is 0 Å². The summed E-state index contributed by atoms with van der Waals surface area (Å²) in [4.78, 5) is 7.90. The summed E-state index contributed by atoms with van der Waals surface area (Å²) in [6, 6.07) is 10.3. The number of nitrogens with zero attached hydrogens (tertiary/aromatic N) is 3. The van der Waals surface area contributed by atoms with Gasteiger partial charge in [0.2, 0.25) is 12.3 Å². The van der Waals surface area contributed by atoms with Crippen molar-refractivity contribution in [2.75, 3.05) is 32.1 Å². The topological polar surface area (TPSA) is 28.1 Å². The molecule has 7 heteroatoms. The van der Waals surface area contributed by atoms with Crippen LogP contribution in [0.1, 0.15) is 18.7 Å². The molecule has 0 radical (unpaired) electrons. The monoisotopic (exact) mass is 379 g/mol. The Labute approximate surface area is 152 Å². The minimum Gasteiger partial charge on any atom is -0.430 e. The number of rotatable bonds is 5. The fourth-order valence-electron chi connectivity index (χ4n) is 2.72. The molecule has 1 aromatic carbocycles. The van der Waals surface area contributed by atoms with Gasteiger partial charge in [-0.1, -0.05) is 19.9 Å². The molecule has 24 heavy (non-hydrogen) atoms. The van der Waals surface area contributed by atoms with Crippen molar-refractivity contribution in [1.29, 1.82) is 0 Å². The molecule has 0 saturated heterocycles. The number of hydrogen-bond acceptors (Lipinski definition) is 5. The largest absolute Gasteiger partial charge is 0.430 e. The Hall–Kier alpha value is -1.20. The van der Waals surface area contributed by atoms with E-state index in [1.807, 2.05) is 31.6 Å². The van der Waals surface area contributed by atoms with Crippen LogP contribution in [0.15, 0.2) is 40.7 Å². The maximum absolute atomic E-state index is 6.39. The summed E-state index contributed by atoms with van der Waals surface area (Å²) < 4.78 is 8.65. The van der Waals surface area contributed by atoms with E-state index in [-0.39, 0.29) is 0 Å². The minimum atomic E-state index is -2.34. The summed E-state index contributed by atoms with van der Waals surface area (Å²) in [5, 5.41) is 3.08. The molecule has 2 heterocycles. The first-order chi connectivity index (χ1) is 11.5. The van der Waals surface area contributed by atoms with Crippen LogP contribution in [0.5, 0.6) is 0 Å². The van der Waals surface area contributed by atoms with Gasteiger partial charge in [-0.05, 0) is 41.5 Å². The summed E-state index contributed by atoms with van der Waals surface area (Å²) in [5.41, 5.74) is 2.05. The van der Waals surface area contributed by atoms with Crippen molar-refractivity contribution in [3.63, 3.8) is 0 Å². The first-order valence-corrected chi connectivity index (χ1v) is 11.5. The Balaban J connectivity index is 2.19. The van der Waals surface area contributed by atoms with Crippen LogP contribution < -0.4 is 10.2 Å². The Morgan fingerprint density at radius 3 is 2.54 bits per heavy atom. The first kappa shape index (κ1) is 17.6. The standard InChI is InChI=1S/C17H22N3OPS2/c1-5-20(6-2)22(23)15-10-9-13(19(3)4)12-14(15)18-17(21-22)16-8-7-11-24-16/h7-12H,5-6H2,1-4H3/t22-/m0/s1. The van der Waals surface area contributed by atoms with Crippen molar-refractivity contribution in [3.8, 4) is 0 Å². The van der Waals surface area contributed by atoms with Gasteiger partial charge in [0.25, 0.3) is 0 Å². The van der Waals surface area contributed by atoms with Gasteiger partial charge in [0, 0.05) is 32.9 Å². The third-order valence-electron chi connectivity index (χ3n) is 4.05. The van der Waals surface area contributed by atoms with Crippen molar-refractivity contribution in [2.45, 2.75) is 13.8 Å². The second-order valence-corrected chi connectivity index (χ2v) is 10.4. The zero-order valence-corrected chi connectivity index (χ0v) is 16.9. The summed E-state index contributed by atoms with van der Waals surface area (Å²) in [6.45, 7) is 5.98. The fourth-order valence-corrected chi connectivity index (χ4v) is 7.10. The molecule has 1 atom stereocenters. The number of thiophene rings is 1. The van der Waals surface area contributed by atoms with Gasteiger partial charge in [-0.2, -0.15) is 0 Å². The quantitative estimate of drug-likeness (QED) is 0.728. The fraction of sp³-hybridized carbons (Fsp3) is 0.353. The van der Waals surface area contributed by atoms with Crippen LogP contribution in [-0.2, 0) is 16.3 Å². The highest BCUT2D eigenvalue weighted by atomic mass is 32.4. The van der Waals surface area contributed by atoms with Gasteiger partial charge in [-0.25, -0.2) is 9.66 Å². The van der Waals surface area contributed by atoms with Gasteiger partial charge in [0.1, 0.15) is 0 Å². The number of benzene rings is 1. The van der Waals surface area contributed by atoms with E-state index < -0.39 is 6.42 Å². The van der Waals surface area contributed by atoms with Gasteiger partial charge in [0.05, 0.1) is 15.9 Å². The molecule has 4 nitrogen and oxygen atoms in total. The van der Waals surface area contributed by atoms with E-state index in [1.165, 1.54) is 0 Å². The molecule has 0 unspecified atom stereocenters. The molecule has 0 spiro atoms. The number of anilines is 1. The Kier molecular flexibility index (Phi) is 5.11. The van der Waals surface area contributed by atoms with Crippen molar-refractivity contribution >= 4 is 52.1 Å². The maximum Gasteiger partial charge on any atom is 0.236 e. The molecule has 1 aromatic heterocycles. The third kappa shape index (κ3) is 3.04. The molecule has 0 bridgehead atoms. The van der Waals surface area contributed by atoms with Crippen LogP contribution in [0.2, 0.25) is 0 Å². The number of fused-ring (bicyclic) bond motifs is 1. The maximum atomic E-state index is 6.39. The van der Waals surface area contributed by atoms with Gasteiger partial charge in [-0.3, -0.25) is 0 Å². The normalized spacial score (nSPS) is 19.6. The molecule has 128 valence electrons. The number of hydrogen-bond donors (Lipinski definition) is 0. The molecular formula is C17H22N3OPS2. The molecule has 1 aliphatic rings. The predicted octanol–water partition coefficient (Wildman–Crippen LogP) is 4.20. The lowest BCUT2D eigenvalue weighted by atomic mass is 10.2. The number of aliphatic imine (C=N–C) groups is 1. The zero-order chi connectivity index (χ0) is 17.3. The van der Waals surface area contributed by atoms with E-state index in [9.17, 15) is 0 Å². The van der Waals surface area contributed by atoms with Gasteiger partial charge in [0.15, 0.2) is 0 Å². The second-order valence-electron chi connectivity index (χ2n) is 5.71. The SMILES string of the molecule is CCN(CC)[P@]1(=S)OC(c2cccs2)=Nc2cc(N(C)C)ccc21. The van der Waals surface area contributed by atoms with E-state index in [2.05, 4.69) is 41.6 Å². The average Bonchev–Trinajstić information content (AvgIpc) is 3.09. The van der Waals surface area contributed by atoms with Crippen LogP contribution in [0, 0.1) is 0 Å². The second kappa shape index (κ2) is 6.96. The Bertz CT molecular complexity index is 798. The van der Waals surface area contributed by atoms with Crippen LogP contribution in [0.4, 0.5) is 11.4 Å². The van der Waals surface area contributed by atoms with E-state index in [0.717, 1.165) is 34.6 Å². The van der Waals surface area contributed by atoms with Gasteiger partial charge >= 0.3 is 0 Å². The lowest BCUT2D eigenvalue weighted by Gasteiger charge is -2.36. The van der Waals surface area contributed by atoms with Gasteiger partial charge in [-0.15, -0.1) is 11.3 Å². The molecule has 3 rings (SSSR count). The van der Waals surface area contributed by atoms with E-state index >= 15 is 0 Å². The average molecular weight is 379 g/mol. The van der Waals surface area contributed by atoms with Crippen molar-refractivity contribution < 1.29 is 4.52 Å². The summed E-state index contributed by atoms with van der Waals surface area (Å²) in [7, 11) is 4.07. The highest BCUT2D eigenvalue weighted by molar-refractivity contribution is 8.15. The molecule has 0 amide bonds. The van der Waals surface area contributed by atoms with Crippen LogP contribution >= 0.6 is 17.8 Å². The molecule has 2 aromatic rings. The van der Waals surface area contributed by atoms with E-state index in [4.69, 9.17) is 21.3 Å². The molecule has 0 aliphatic carbocycles. The van der Waals surface area contributed by atoms with Crippen LogP contribution in [0.25, 0.3) is 0 Å². The lowest BCUT2D eigenvalue weighted by Crippen LogP contribution is -2.31. The summed E-state index contributed by atoms with van der Waals surface area (Å²) in [5.74, 6) is 0.656. The summed E-state index contributed by atoms with van der Waals surface area (Å²) >= 11 is 7.74. The van der Waals surface area contributed by atoms with Crippen molar-refractivity contribution in [2.24, 2.45) is 4.99 Å². The minimum absolute atomic E-state index is 0.656. The zero-order valence-electron chi connectivity index (χ0n) is 14.4. The van der Waals surface area contributed by atoms with Crippen molar-refractivity contribution in [1.82, 2.24) is 4.67 Å². The predicted molar refractivity (Wildman–Crippen MR) is 109 cm³/mol. The van der Waals surface area contributed by atoms with Crippen LogP contribution in [-0.4, -0.2) is 37.8 Å². The molecule has 0 fully saturated rings. The van der Waals surface area contributed by atoms with Crippen molar-refractivity contribution in [3.05, 3.63) is 40.6 Å². The molecule has 0 N–H and O–H groups in total. The molecule has 1 aliphatic heterocycles. The van der Waals surface area contributed by atoms with Gasteiger partial charge < -0.3 is 9.42 Å². The third-order valence-corrected chi connectivity index (χ3v) is 9.13. The van der Waals surface area contributed by atoms with E-state index in [0.29, 0.717) is 5.90 Å². The Morgan fingerprint density at radius 1 is 1.21 bits per heavy atom. The highest BCUT2D eigenvalue weighted by Gasteiger charge is 2.36. The Morgan fingerprint density at radius 2 is 1.96 bits per heavy atom. The summed E-state index contributed by atoms with van der Waals surface area (Å²) in [6.07, 6.45) is -2.34. The smallest absolute Gasteiger partial charge is 0.236 e.